The fraction of sp³-hybridized carbons (Fsp3) is 1.00. The molecule has 0 radical (unpaired) electrons. The Morgan fingerprint density at radius 1 is 0.274 bits per heavy atom. The zero-order valence-corrected chi connectivity index (χ0v) is 83.8. The molecule has 3 saturated heterocycles. The molecular formula is C120H270Si4. The van der Waals surface area contributed by atoms with Crippen LogP contribution in [-0.2, 0) is 0 Å². The summed E-state index contributed by atoms with van der Waals surface area (Å²) in [5.74, 6) is -2.67. The molecule has 1 unspecified atom stereocenters. The zero-order valence-electron chi connectivity index (χ0n) is 127. The molecule has 8 aliphatic carbocycles. The van der Waals surface area contributed by atoms with E-state index >= 15 is 0 Å². The third-order valence-corrected chi connectivity index (χ3v) is 48.7. The first kappa shape index (κ1) is 74.0. The first-order valence-corrected chi connectivity index (χ1v) is 59.7. The molecule has 4 heteroatoms. The molecule has 11 aliphatic rings. The quantitative estimate of drug-likeness (QED) is 0.0719. The number of hydrogen-bond donors (Lipinski definition) is 0. The summed E-state index contributed by atoms with van der Waals surface area (Å²) < 4.78 is 371. The van der Waals surface area contributed by atoms with Crippen LogP contribution in [0.25, 0.3) is 0 Å². The largest absolute Gasteiger partial charge is 0.0776 e. The minimum absolute atomic E-state index is 0. The predicted octanol–water partition coefficient (Wildman–Crippen LogP) is 48.8. The maximum atomic E-state index is 8.14. The van der Waals surface area contributed by atoms with Crippen LogP contribution >= 0.6 is 0 Å². The molecule has 766 valence electrons. The highest BCUT2D eigenvalue weighted by atomic mass is 28.3. The van der Waals surface area contributed by atoms with Crippen molar-refractivity contribution in [2.45, 2.75) is 729 Å². The summed E-state index contributed by atoms with van der Waals surface area (Å²) in [5, 5.41) is 0. The minimum Gasteiger partial charge on any atom is -0.0776 e. The Morgan fingerprint density at radius 2 is 0.508 bits per heavy atom. The van der Waals surface area contributed by atoms with Crippen molar-refractivity contribution in [2.24, 2.45) is 49.2 Å². The molecule has 124 heavy (non-hydrogen) atoms. The molecule has 0 aromatic heterocycles. The van der Waals surface area contributed by atoms with E-state index in [0.29, 0.717) is 65.2 Å². The van der Waals surface area contributed by atoms with Crippen LogP contribution in [0.15, 0.2) is 0 Å². The van der Waals surface area contributed by atoms with Gasteiger partial charge in [0.05, 0.1) is 24.2 Å². The molecule has 0 amide bonds. The number of hydrogen-bond acceptors (Lipinski definition) is 0. The van der Waals surface area contributed by atoms with Gasteiger partial charge < -0.3 is 0 Å². The van der Waals surface area contributed by atoms with E-state index in [1.54, 1.807) is 124 Å². The molecule has 0 spiro atoms. The average Bonchev–Trinajstić information content (AvgIpc) is 1.15. The van der Waals surface area contributed by atoms with Crippen LogP contribution in [0.4, 0.5) is 0 Å². The standard InChI is InChI=1S/C12H26Si.C11H22.C10H22Si.4C10H20.2C9H20Si.2C9H18.11CH4/c1-5-12(11-13(2,3)4)9-7-6-8-10-12;2*1-3-8-11(4-2)9-6-5-7-10-11;1-4-10(5-2)7-6-9(3)8-10;2*1-3-10(4-2)8-6-5-7-9-10;1-3-7-10(4-2)8-5-6-9-10;1-3-10(4-2)8-6-5-7-9-10;1-3-7-10(4-2)8-5-6-9-10;2*1-3-9(4-2)7-5-6-8-9;;;;;;;;;;;/h5-11H2,1-4H3;2*3-10H2,1-2H3;9H,4-8H2,1-3H3;5*3-9H2,1-2H3;2*3-8H2,1-2H3;11*1H4/i;3D2,4D2,8D2;;4D2,5D2,6D2,7D2,8D2,9D;3D2,4D2,5D2,6D2,7D2,8D2,9D2;3D2,4D2;3D2,4D2,7D2;;;3D2,4D2;3D2;;;;;;;;;;;. The molecule has 3 heterocycles. The zero-order chi connectivity index (χ0) is 127. The molecular weight excluding hydrogens is 1550 g/mol. The fourth-order valence-electron chi connectivity index (χ4n) is 20.7. The van der Waals surface area contributed by atoms with Gasteiger partial charge in [0.25, 0.3) is 0 Å². The lowest BCUT2D eigenvalue weighted by molar-refractivity contribution is 0.163. The van der Waals surface area contributed by atoms with Crippen molar-refractivity contribution < 1.29 is 64.4 Å². The van der Waals surface area contributed by atoms with Crippen molar-refractivity contribution in [1.29, 1.82) is 0 Å². The highest BCUT2D eigenvalue weighted by molar-refractivity contribution is 6.81. The van der Waals surface area contributed by atoms with E-state index in [4.69, 9.17) is 64.4 Å². The molecule has 8 saturated carbocycles. The van der Waals surface area contributed by atoms with Crippen molar-refractivity contribution >= 4 is 32.3 Å². The van der Waals surface area contributed by atoms with Crippen LogP contribution < -0.4 is 0 Å². The molecule has 11 fully saturated rings. The Kier molecular flexibility index (Phi) is 49.1. The van der Waals surface area contributed by atoms with E-state index in [1.165, 1.54) is 132 Å². The van der Waals surface area contributed by atoms with E-state index < -0.39 is 217 Å². The van der Waals surface area contributed by atoms with Crippen LogP contribution in [0.3, 0.4) is 0 Å². The third-order valence-electron chi connectivity index (χ3n) is 29.3. The minimum atomic E-state index is -3.73. The molecule has 1 atom stereocenters. The molecule has 0 N–H and O–H groups in total. The molecule has 0 bridgehead atoms. The van der Waals surface area contributed by atoms with Gasteiger partial charge in [-0.25, -0.2) is 0 Å². The Balaban J connectivity index is -0.000000184. The van der Waals surface area contributed by atoms with Gasteiger partial charge in [-0.15, -0.1) is 0 Å². The molecule has 0 aromatic rings. The normalized spacial score (nSPS) is 33.6. The van der Waals surface area contributed by atoms with Gasteiger partial charge in [0.1, 0.15) is 0 Å². The van der Waals surface area contributed by atoms with Crippen molar-refractivity contribution in [1.82, 2.24) is 0 Å². The van der Waals surface area contributed by atoms with Gasteiger partial charge in [-0.05, 0) is 165 Å². The van der Waals surface area contributed by atoms with E-state index in [1.807, 2.05) is 0 Å². The van der Waals surface area contributed by atoms with Gasteiger partial charge in [0.15, 0.2) is 0 Å². The molecule has 3 aliphatic heterocycles. The van der Waals surface area contributed by atoms with Crippen LogP contribution in [0.2, 0.25) is 98.2 Å². The smallest absolute Gasteiger partial charge is 0.0533 e. The first-order valence-electron chi connectivity index (χ1n) is 71.1. The lowest BCUT2D eigenvalue weighted by atomic mass is 9.70. The van der Waals surface area contributed by atoms with Crippen LogP contribution in [0, 0.1) is 49.2 Å². The van der Waals surface area contributed by atoms with Crippen molar-refractivity contribution in [3.8, 4) is 0 Å². The van der Waals surface area contributed by atoms with Gasteiger partial charge in [-0.2, -0.15) is 0 Å². The van der Waals surface area contributed by atoms with Crippen LogP contribution in [-0.4, -0.2) is 32.3 Å². The van der Waals surface area contributed by atoms with Crippen LogP contribution in [0.1, 0.15) is 695 Å². The summed E-state index contributed by atoms with van der Waals surface area (Å²) in [5.41, 5.74) is -9.67. The van der Waals surface area contributed by atoms with Crippen LogP contribution in [0.5, 0.6) is 0 Å². The summed E-state index contributed by atoms with van der Waals surface area (Å²) in [6.45, 7) is 43.3. The van der Waals surface area contributed by atoms with Gasteiger partial charge >= 0.3 is 0 Å². The Labute approximate surface area is 872 Å². The van der Waals surface area contributed by atoms with E-state index in [0.717, 1.165) is 110 Å². The van der Waals surface area contributed by atoms with Gasteiger partial charge in [-0.1, -0.05) is 614 Å². The van der Waals surface area contributed by atoms with Gasteiger partial charge in [-0.3, -0.25) is 0 Å². The maximum Gasteiger partial charge on any atom is 0.0533 e. The summed E-state index contributed by atoms with van der Waals surface area (Å²) >= 11 is 0. The Morgan fingerprint density at radius 3 is 0.702 bits per heavy atom. The summed E-state index contributed by atoms with van der Waals surface area (Å²) in [7, 11) is -2.73. The maximum absolute atomic E-state index is 8.14. The van der Waals surface area contributed by atoms with Crippen molar-refractivity contribution in [2.75, 3.05) is 0 Å². The predicted molar refractivity (Wildman–Crippen MR) is 611 cm³/mol. The second kappa shape index (κ2) is 82.2. The highest BCUT2D eigenvalue weighted by Gasteiger charge is 2.39. The number of rotatable bonds is 27. The van der Waals surface area contributed by atoms with E-state index in [9.17, 15) is 0 Å². The topological polar surface area (TPSA) is 0 Å². The van der Waals surface area contributed by atoms with Gasteiger partial charge in [0.2, 0.25) is 0 Å². The average molecular weight is 1870 g/mol. The summed E-state index contributed by atoms with van der Waals surface area (Å²) in [6, 6.07) is 20.9. The monoisotopic (exact) mass is 1870 g/mol. The van der Waals surface area contributed by atoms with E-state index in [-0.39, 0.29) is 87.1 Å². The SMILES string of the molecule is C.C.C.C.C.C.C.C.C.C.C.CCC1(C[Si](C)(C)C)CCCCC1.CCC[Si]1(CC)CCCC1.CCC[Si]1(CC)CCCCC1.CC[Si]1(CC)CCCCC1.[2H]C([2H])(C)C([2H])([2H])C1(C([2H])([2H])C)CCCC1.[2H]C([2H])(C)C([2H])([2H])C1(C([2H])([2H])C)CCCCC1.[2H]C([2H])(C)C1(C([2H])([2H])C)C([2H])([2H])C([2H])([2H])C([2H])(C)C1([2H])[2H].[2H]C([2H])(C)C1(C([2H])([2H])C)C([2H])([2H])C([2H])([2H])C([2H])([2H])C([2H])([2H])C1([2H])[2H].[2H]C([2H])(C)C1(C([2H])([2H])C)CCCC1.[2H]C([2H])(C)C1(C([2H])([2H])C)CCCCC1.[2H]C([2H])(C)C1(CC)CCCC1. The van der Waals surface area contributed by atoms with Gasteiger partial charge in [0, 0.05) is 72.5 Å². The second-order valence-corrected chi connectivity index (χ2v) is 58.5. The highest BCUT2D eigenvalue weighted by Crippen LogP contribution is 2.51. The van der Waals surface area contributed by atoms with E-state index in [2.05, 4.69) is 75.0 Å². The molecule has 0 aromatic carbocycles. The van der Waals surface area contributed by atoms with Crippen molar-refractivity contribution in [3.05, 3.63) is 0 Å². The first-order chi connectivity index (χ1) is 71.1. The second-order valence-electron chi connectivity index (χ2n) is 37.2. The lowest BCUT2D eigenvalue weighted by Crippen LogP contribution is -2.34. The van der Waals surface area contributed by atoms with Crippen molar-refractivity contribution in [3.63, 3.8) is 0 Å². The Hall–Kier alpha value is 0.868. The summed E-state index contributed by atoms with van der Waals surface area (Å²) in [6.07, 6.45) is -14.7. The molecule has 11 rings (SSSR count). The fourth-order valence-corrected chi connectivity index (χ4v) is 37.4. The molecule has 0 nitrogen and oxygen atoms in total. The lowest BCUT2D eigenvalue weighted by Gasteiger charge is -2.40. The Bertz CT molecular complexity index is 4100. The third kappa shape index (κ3) is 55.8. The summed E-state index contributed by atoms with van der Waals surface area (Å²) in [4.78, 5) is 0.